The van der Waals surface area contributed by atoms with Crippen molar-refractivity contribution in [3.05, 3.63) is 64.2 Å². The smallest absolute Gasteiger partial charge is 0.294 e. The number of anilines is 1. The van der Waals surface area contributed by atoms with Crippen LogP contribution in [0.2, 0.25) is 0 Å². The van der Waals surface area contributed by atoms with Crippen molar-refractivity contribution in [2.24, 2.45) is 0 Å². The van der Waals surface area contributed by atoms with E-state index in [0.29, 0.717) is 11.3 Å². The van der Waals surface area contributed by atoms with Crippen LogP contribution < -0.4 is 5.32 Å². The molecule has 0 unspecified atom stereocenters. The molecule has 0 aliphatic rings. The second-order valence-electron chi connectivity index (χ2n) is 4.28. The van der Waals surface area contributed by atoms with Crippen molar-refractivity contribution in [2.45, 2.75) is 11.4 Å². The Morgan fingerprint density at radius 2 is 1.86 bits per heavy atom. The number of non-ortho nitro benzene ring substituents is 1. The summed E-state index contributed by atoms with van der Waals surface area (Å²) in [6.07, 6.45) is 0. The molecule has 0 spiro atoms. The van der Waals surface area contributed by atoms with Crippen molar-refractivity contribution in [3.63, 3.8) is 0 Å². The van der Waals surface area contributed by atoms with E-state index in [0.717, 1.165) is 0 Å². The molecule has 0 aliphatic heterocycles. The fraction of sp³-hybridized carbons (Fsp3) is 0.0769. The molecule has 0 atom stereocenters. The van der Waals surface area contributed by atoms with E-state index < -0.39 is 15.0 Å². The van der Waals surface area contributed by atoms with Crippen LogP contribution in [0.5, 0.6) is 0 Å². The first-order valence-electron chi connectivity index (χ1n) is 5.91. The lowest BCUT2D eigenvalue weighted by Gasteiger charge is -2.07. The van der Waals surface area contributed by atoms with E-state index in [9.17, 15) is 18.5 Å². The van der Waals surface area contributed by atoms with Gasteiger partial charge in [0.15, 0.2) is 0 Å². The highest BCUT2D eigenvalue weighted by Crippen LogP contribution is 2.17. The molecule has 0 aliphatic carbocycles. The monoisotopic (exact) mass is 308 g/mol. The maximum atomic E-state index is 11.0. The molecule has 0 heterocycles. The summed E-state index contributed by atoms with van der Waals surface area (Å²) >= 11 is 0. The Hall–Kier alpha value is -2.45. The van der Waals surface area contributed by atoms with Gasteiger partial charge in [-0.2, -0.15) is 8.42 Å². The second-order valence-corrected chi connectivity index (χ2v) is 5.70. The molecule has 2 aromatic carbocycles. The summed E-state index contributed by atoms with van der Waals surface area (Å²) in [6.45, 7) is 0.288. The van der Waals surface area contributed by atoms with Gasteiger partial charge in [-0.05, 0) is 23.8 Å². The van der Waals surface area contributed by atoms with Gasteiger partial charge in [-0.3, -0.25) is 14.7 Å². The lowest BCUT2D eigenvalue weighted by Crippen LogP contribution is -2.02. The second kappa shape index (κ2) is 5.90. The maximum absolute atomic E-state index is 11.0. The van der Waals surface area contributed by atoms with E-state index in [2.05, 4.69) is 5.32 Å². The quantitative estimate of drug-likeness (QED) is 0.499. The zero-order chi connectivity index (χ0) is 15.5. The lowest BCUT2D eigenvalue weighted by atomic mass is 10.2. The average molecular weight is 308 g/mol. The van der Waals surface area contributed by atoms with Crippen molar-refractivity contribution in [1.82, 2.24) is 0 Å². The Morgan fingerprint density at radius 3 is 2.52 bits per heavy atom. The first kappa shape index (κ1) is 14.9. The molecule has 7 nitrogen and oxygen atoms in total. The molecule has 0 saturated heterocycles. The molecule has 2 aromatic rings. The summed E-state index contributed by atoms with van der Waals surface area (Å²) in [7, 11) is -4.26. The van der Waals surface area contributed by atoms with Crippen LogP contribution in [0.4, 0.5) is 11.4 Å². The predicted molar refractivity (Wildman–Crippen MR) is 76.7 cm³/mol. The number of benzene rings is 2. The maximum Gasteiger partial charge on any atom is 0.294 e. The highest BCUT2D eigenvalue weighted by atomic mass is 32.2. The number of nitrogens with one attached hydrogen (secondary N) is 1. The number of rotatable bonds is 5. The number of hydrogen-bond acceptors (Lipinski definition) is 5. The Morgan fingerprint density at radius 1 is 1.14 bits per heavy atom. The van der Waals surface area contributed by atoms with Crippen LogP contribution in [0.25, 0.3) is 0 Å². The fourth-order valence-corrected chi connectivity index (χ4v) is 2.28. The van der Waals surface area contributed by atoms with E-state index in [1.54, 1.807) is 18.2 Å². The van der Waals surface area contributed by atoms with Crippen LogP contribution >= 0.6 is 0 Å². The molecule has 21 heavy (non-hydrogen) atoms. The van der Waals surface area contributed by atoms with Gasteiger partial charge in [-0.25, -0.2) is 0 Å². The molecule has 2 rings (SSSR count). The molecule has 0 bridgehead atoms. The van der Waals surface area contributed by atoms with E-state index >= 15 is 0 Å². The zero-order valence-corrected chi connectivity index (χ0v) is 11.6. The summed E-state index contributed by atoms with van der Waals surface area (Å²) in [5.41, 5.74) is 1.15. The molecule has 0 aromatic heterocycles. The third-order valence-electron chi connectivity index (χ3n) is 2.75. The van der Waals surface area contributed by atoms with Crippen molar-refractivity contribution in [1.29, 1.82) is 0 Å². The fourth-order valence-electron chi connectivity index (χ4n) is 1.75. The summed E-state index contributed by atoms with van der Waals surface area (Å²) < 4.78 is 31.0. The Kier molecular flexibility index (Phi) is 4.20. The van der Waals surface area contributed by atoms with Crippen LogP contribution in [0.1, 0.15) is 5.56 Å². The Bertz CT molecular complexity index is 774. The van der Waals surface area contributed by atoms with Crippen LogP contribution in [0, 0.1) is 10.1 Å². The standard InChI is InChI=1S/C13H12N2O5S/c16-15(17)12-5-1-3-10(7-12)9-14-11-4-2-6-13(8-11)21(18,19)20/h1-8,14H,9H2,(H,18,19,20). The summed E-state index contributed by atoms with van der Waals surface area (Å²) in [6, 6.07) is 11.8. The molecule has 110 valence electrons. The minimum Gasteiger partial charge on any atom is -0.381 e. The van der Waals surface area contributed by atoms with Gasteiger partial charge < -0.3 is 5.32 Å². The lowest BCUT2D eigenvalue weighted by molar-refractivity contribution is -0.384. The van der Waals surface area contributed by atoms with Crippen LogP contribution in [-0.4, -0.2) is 17.9 Å². The van der Waals surface area contributed by atoms with Crippen LogP contribution in [0.3, 0.4) is 0 Å². The highest BCUT2D eigenvalue weighted by Gasteiger charge is 2.10. The average Bonchev–Trinajstić information content (AvgIpc) is 2.45. The number of nitrogens with zero attached hydrogens (tertiary/aromatic N) is 1. The number of hydrogen-bond donors (Lipinski definition) is 2. The Labute approximate surface area is 121 Å². The third-order valence-corrected chi connectivity index (χ3v) is 3.60. The molecular formula is C13H12N2O5S. The first-order chi connectivity index (χ1) is 9.86. The molecule has 0 saturated carbocycles. The van der Waals surface area contributed by atoms with Gasteiger partial charge in [-0.1, -0.05) is 18.2 Å². The zero-order valence-electron chi connectivity index (χ0n) is 10.8. The summed E-state index contributed by atoms with van der Waals surface area (Å²) in [4.78, 5) is 9.97. The minimum absolute atomic E-state index is 0.0130. The third kappa shape index (κ3) is 4.01. The SMILES string of the molecule is O=[N+]([O-])c1cccc(CNc2cccc(S(=O)(=O)O)c2)c1. The molecule has 2 N–H and O–H groups in total. The summed E-state index contributed by atoms with van der Waals surface area (Å²) in [5, 5.41) is 13.6. The van der Waals surface area contributed by atoms with E-state index in [1.165, 1.54) is 30.3 Å². The van der Waals surface area contributed by atoms with Gasteiger partial charge >= 0.3 is 0 Å². The largest absolute Gasteiger partial charge is 0.381 e. The van der Waals surface area contributed by atoms with Crippen LogP contribution in [0.15, 0.2) is 53.4 Å². The van der Waals surface area contributed by atoms with Crippen molar-refractivity contribution >= 4 is 21.5 Å². The Balaban J connectivity index is 2.13. The van der Waals surface area contributed by atoms with Gasteiger partial charge in [-0.15, -0.1) is 0 Å². The van der Waals surface area contributed by atoms with Gasteiger partial charge in [0.05, 0.1) is 9.82 Å². The predicted octanol–water partition coefficient (Wildman–Crippen LogP) is 2.45. The molecule has 0 radical (unpaired) electrons. The van der Waals surface area contributed by atoms with E-state index in [1.807, 2.05) is 0 Å². The molecule has 8 heteroatoms. The number of nitro benzene ring substituents is 1. The topological polar surface area (TPSA) is 110 Å². The van der Waals surface area contributed by atoms with Crippen molar-refractivity contribution < 1.29 is 17.9 Å². The van der Waals surface area contributed by atoms with E-state index in [-0.39, 0.29) is 17.1 Å². The normalized spacial score (nSPS) is 11.1. The molecule has 0 amide bonds. The van der Waals surface area contributed by atoms with Crippen molar-refractivity contribution in [2.75, 3.05) is 5.32 Å². The highest BCUT2D eigenvalue weighted by molar-refractivity contribution is 7.85. The van der Waals surface area contributed by atoms with Gasteiger partial charge in [0.2, 0.25) is 0 Å². The van der Waals surface area contributed by atoms with E-state index in [4.69, 9.17) is 4.55 Å². The van der Waals surface area contributed by atoms with Crippen LogP contribution in [-0.2, 0) is 16.7 Å². The molecule has 0 fully saturated rings. The van der Waals surface area contributed by atoms with Crippen molar-refractivity contribution in [3.8, 4) is 0 Å². The first-order valence-corrected chi connectivity index (χ1v) is 7.35. The molecular weight excluding hydrogens is 296 g/mol. The van der Waals surface area contributed by atoms with Gasteiger partial charge in [0.1, 0.15) is 0 Å². The number of nitro groups is 1. The van der Waals surface area contributed by atoms with Gasteiger partial charge in [0, 0.05) is 24.4 Å². The summed E-state index contributed by atoms with van der Waals surface area (Å²) in [5.74, 6) is 0. The van der Waals surface area contributed by atoms with Gasteiger partial charge in [0.25, 0.3) is 15.8 Å². The minimum atomic E-state index is -4.26.